The number of carbonyl (C=O) groups is 1. The van der Waals surface area contributed by atoms with Crippen LogP contribution in [0.5, 0.6) is 0 Å². The summed E-state index contributed by atoms with van der Waals surface area (Å²) in [7, 11) is 0. The minimum atomic E-state index is -0.664. The zero-order chi connectivity index (χ0) is 24.1. The van der Waals surface area contributed by atoms with E-state index in [9.17, 15) is 15.0 Å². The average Bonchev–Trinajstić information content (AvgIpc) is 3.25. The van der Waals surface area contributed by atoms with Crippen molar-refractivity contribution in [3.8, 4) is 0 Å². The second kappa shape index (κ2) is 8.96. The first-order chi connectivity index (χ1) is 15.5. The molecule has 0 radical (unpaired) electrons. The van der Waals surface area contributed by atoms with Gasteiger partial charge in [0.2, 0.25) is 0 Å². The van der Waals surface area contributed by atoms with Gasteiger partial charge in [0, 0.05) is 11.3 Å². The molecule has 7 atom stereocenters. The van der Waals surface area contributed by atoms with Gasteiger partial charge in [0.05, 0.1) is 12.2 Å². The molecule has 4 saturated carbocycles. The van der Waals surface area contributed by atoms with E-state index >= 15 is 0 Å². The first-order valence-electron chi connectivity index (χ1n) is 13.2. The van der Waals surface area contributed by atoms with Gasteiger partial charge in [-0.25, -0.2) is 0 Å². The van der Waals surface area contributed by atoms with E-state index < -0.39 is 12.2 Å². The van der Waals surface area contributed by atoms with Crippen LogP contribution in [0.4, 0.5) is 0 Å². The quantitative estimate of drug-likeness (QED) is 0.492. The number of aliphatic hydroxyl groups excluding tert-OH is 2. The average molecular weight is 453 g/mol. The van der Waals surface area contributed by atoms with Gasteiger partial charge in [-0.1, -0.05) is 65.0 Å². The molecule has 4 rings (SSSR count). The predicted octanol–water partition coefficient (Wildman–Crippen LogP) is 6.33. The van der Waals surface area contributed by atoms with Crippen molar-refractivity contribution in [3.63, 3.8) is 0 Å². The van der Waals surface area contributed by atoms with E-state index in [-0.39, 0.29) is 16.7 Å². The highest BCUT2D eigenvalue weighted by molar-refractivity contribution is 6.01. The number of hydrogen-bond donors (Lipinski definition) is 2. The van der Waals surface area contributed by atoms with Crippen LogP contribution in [-0.2, 0) is 4.79 Å². The molecule has 0 amide bonds. The molecular weight excluding hydrogens is 408 g/mol. The Morgan fingerprint density at radius 2 is 1.79 bits per heavy atom. The molecule has 1 unspecified atom stereocenters. The maximum absolute atomic E-state index is 12.8. The SMILES string of the molecule is C=C1/C(=C\C=C2/CCC[C@]3(C)[C@@H](C(C)/C=C4\CCC(C)(C)C4=O)CC[C@@H]23)C[C@@H](O)[C@H](C)[C@@H]1O. The lowest BCUT2D eigenvalue weighted by atomic mass is 9.61. The number of hydrogen-bond acceptors (Lipinski definition) is 3. The number of allylic oxidation sites excluding steroid dienone is 5. The van der Waals surface area contributed by atoms with Gasteiger partial charge in [0.15, 0.2) is 5.78 Å². The summed E-state index contributed by atoms with van der Waals surface area (Å²) in [5.74, 6) is 1.81. The maximum Gasteiger partial charge on any atom is 0.164 e. The van der Waals surface area contributed by atoms with E-state index in [2.05, 4.69) is 52.5 Å². The van der Waals surface area contributed by atoms with Crippen molar-refractivity contribution in [1.82, 2.24) is 0 Å². The molecule has 0 bridgehead atoms. The highest BCUT2D eigenvalue weighted by Crippen LogP contribution is 2.60. The highest BCUT2D eigenvalue weighted by atomic mass is 16.3. The highest BCUT2D eigenvalue weighted by Gasteiger charge is 2.50. The van der Waals surface area contributed by atoms with E-state index in [0.29, 0.717) is 30.0 Å². The van der Waals surface area contributed by atoms with Crippen LogP contribution < -0.4 is 0 Å². The van der Waals surface area contributed by atoms with Crippen LogP contribution in [0.3, 0.4) is 0 Å². The fourth-order valence-corrected chi connectivity index (χ4v) is 7.49. The summed E-state index contributed by atoms with van der Waals surface area (Å²) in [5, 5.41) is 20.8. The van der Waals surface area contributed by atoms with Gasteiger partial charge in [-0.2, -0.15) is 0 Å². The summed E-state index contributed by atoms with van der Waals surface area (Å²) in [5.41, 5.74) is 4.42. The fourth-order valence-electron chi connectivity index (χ4n) is 7.49. The Balaban J connectivity index is 1.53. The molecule has 182 valence electrons. The van der Waals surface area contributed by atoms with Gasteiger partial charge in [-0.05, 0) is 91.3 Å². The molecule has 33 heavy (non-hydrogen) atoms. The second-order valence-corrected chi connectivity index (χ2v) is 12.4. The van der Waals surface area contributed by atoms with Crippen LogP contribution >= 0.6 is 0 Å². The van der Waals surface area contributed by atoms with Gasteiger partial charge in [-0.15, -0.1) is 0 Å². The largest absolute Gasteiger partial charge is 0.392 e. The molecule has 4 aliphatic carbocycles. The Morgan fingerprint density at radius 1 is 1.06 bits per heavy atom. The Bertz CT molecular complexity index is 904. The number of fused-ring (bicyclic) bond motifs is 1. The number of ketones is 1. The molecule has 0 heterocycles. The minimum absolute atomic E-state index is 0.163. The lowest BCUT2D eigenvalue weighted by molar-refractivity contribution is -0.121. The van der Waals surface area contributed by atoms with Gasteiger partial charge >= 0.3 is 0 Å². The standard InChI is InChI=1S/C30H44O3/c1-18(16-23-13-15-29(4,5)28(23)33)24-11-12-25-21(8-7-14-30(24,25)6)9-10-22-17-26(31)20(3)27(32)19(22)2/h9-10,16,18,20,24-27,31-32H,2,7-8,11-15,17H2,1,3-6H3/b21-9+,22-10-,23-16+/t18?,20-,24+,25-,26+,27+,30+/m0/s1. The molecular formula is C30H44O3. The van der Waals surface area contributed by atoms with Gasteiger partial charge in [0.25, 0.3) is 0 Å². The van der Waals surface area contributed by atoms with Crippen molar-refractivity contribution < 1.29 is 15.0 Å². The minimum Gasteiger partial charge on any atom is -0.392 e. The van der Waals surface area contributed by atoms with E-state index in [1.807, 2.05) is 6.92 Å². The maximum atomic E-state index is 12.8. The third-order valence-electron chi connectivity index (χ3n) is 9.86. The van der Waals surface area contributed by atoms with Crippen LogP contribution in [0.1, 0.15) is 86.0 Å². The molecule has 3 nitrogen and oxygen atoms in total. The first-order valence-corrected chi connectivity index (χ1v) is 13.2. The first kappa shape index (κ1) is 24.7. The number of Topliss-reactive ketones (excluding diaryl/α,β-unsaturated/α-hetero) is 1. The molecule has 0 aromatic heterocycles. The summed E-state index contributed by atoms with van der Waals surface area (Å²) in [6.07, 6.45) is 14.1. The molecule has 0 aliphatic heterocycles. The normalized spacial score (nSPS) is 43.5. The topological polar surface area (TPSA) is 57.5 Å². The Labute approximate surface area is 200 Å². The zero-order valence-corrected chi connectivity index (χ0v) is 21.4. The lowest BCUT2D eigenvalue weighted by Gasteiger charge is -2.44. The predicted molar refractivity (Wildman–Crippen MR) is 135 cm³/mol. The molecule has 0 aromatic rings. The molecule has 4 aliphatic rings. The van der Waals surface area contributed by atoms with Crippen molar-refractivity contribution in [2.24, 2.45) is 34.5 Å². The van der Waals surface area contributed by atoms with E-state index in [0.717, 1.165) is 36.0 Å². The van der Waals surface area contributed by atoms with Crippen molar-refractivity contribution in [1.29, 1.82) is 0 Å². The number of aliphatic hydroxyl groups is 2. The lowest BCUT2D eigenvalue weighted by Crippen LogP contribution is -2.36. The molecule has 2 N–H and O–H groups in total. The molecule has 4 fully saturated rings. The van der Waals surface area contributed by atoms with Crippen LogP contribution in [0.15, 0.2) is 47.1 Å². The molecule has 0 saturated heterocycles. The van der Waals surface area contributed by atoms with Crippen molar-refractivity contribution in [3.05, 3.63) is 47.1 Å². The van der Waals surface area contributed by atoms with E-state index in [4.69, 9.17) is 0 Å². The summed E-state index contributed by atoms with van der Waals surface area (Å²) in [6, 6.07) is 0. The molecule has 3 heteroatoms. The summed E-state index contributed by atoms with van der Waals surface area (Å²) in [6.45, 7) is 15.0. The Hall–Kier alpha value is -1.45. The summed E-state index contributed by atoms with van der Waals surface area (Å²) < 4.78 is 0. The van der Waals surface area contributed by atoms with Crippen molar-refractivity contribution in [2.45, 2.75) is 98.2 Å². The van der Waals surface area contributed by atoms with Gasteiger partial charge in [0.1, 0.15) is 0 Å². The van der Waals surface area contributed by atoms with Gasteiger partial charge in [-0.3, -0.25) is 4.79 Å². The Kier molecular flexibility index (Phi) is 6.70. The van der Waals surface area contributed by atoms with Crippen LogP contribution in [-0.4, -0.2) is 28.2 Å². The van der Waals surface area contributed by atoms with Crippen LogP contribution in [0, 0.1) is 34.5 Å². The van der Waals surface area contributed by atoms with Crippen molar-refractivity contribution >= 4 is 5.78 Å². The second-order valence-electron chi connectivity index (χ2n) is 12.4. The smallest absolute Gasteiger partial charge is 0.164 e. The molecule has 0 aromatic carbocycles. The monoisotopic (exact) mass is 452 g/mol. The van der Waals surface area contributed by atoms with Crippen LogP contribution in [0.2, 0.25) is 0 Å². The third kappa shape index (κ3) is 4.36. The van der Waals surface area contributed by atoms with E-state index in [1.54, 1.807) is 0 Å². The van der Waals surface area contributed by atoms with Crippen LogP contribution in [0.25, 0.3) is 0 Å². The van der Waals surface area contributed by atoms with E-state index in [1.165, 1.54) is 31.3 Å². The summed E-state index contributed by atoms with van der Waals surface area (Å²) >= 11 is 0. The molecule has 0 spiro atoms. The zero-order valence-electron chi connectivity index (χ0n) is 21.4. The third-order valence-corrected chi connectivity index (χ3v) is 9.86. The van der Waals surface area contributed by atoms with Gasteiger partial charge < -0.3 is 10.2 Å². The Morgan fingerprint density at radius 3 is 2.45 bits per heavy atom. The van der Waals surface area contributed by atoms with Crippen molar-refractivity contribution in [2.75, 3.05) is 0 Å². The summed E-state index contributed by atoms with van der Waals surface area (Å²) in [4.78, 5) is 12.8. The number of carbonyl (C=O) groups excluding carboxylic acids is 1. The fraction of sp³-hybridized carbons (Fsp3) is 0.700. The number of rotatable bonds is 3.